The van der Waals surface area contributed by atoms with Crippen molar-refractivity contribution in [1.29, 1.82) is 0 Å². The van der Waals surface area contributed by atoms with E-state index >= 15 is 0 Å². The highest BCUT2D eigenvalue weighted by Gasteiger charge is 2.09. The molecule has 0 aliphatic carbocycles. The number of benzene rings is 1. The van der Waals surface area contributed by atoms with Crippen LogP contribution in [0.2, 0.25) is 0 Å². The fraction of sp³-hybridized carbons (Fsp3) is 0.429. The van der Waals surface area contributed by atoms with Gasteiger partial charge in [-0.3, -0.25) is 0 Å². The molecule has 2 rings (SSSR count). The molecule has 0 aromatic heterocycles. The molecular formula is C14H20N4O. The summed E-state index contributed by atoms with van der Waals surface area (Å²) in [4.78, 5) is 12.9. The maximum atomic E-state index is 10.5. The lowest BCUT2D eigenvalue weighted by Gasteiger charge is -2.22. The number of hydrogen-bond acceptors (Lipinski definition) is 3. The number of rotatable bonds is 3. The van der Waals surface area contributed by atoms with Crippen molar-refractivity contribution in [3.8, 4) is 0 Å². The predicted molar refractivity (Wildman–Crippen MR) is 77.4 cm³/mol. The van der Waals surface area contributed by atoms with Gasteiger partial charge in [-0.25, -0.2) is 10.2 Å². The third kappa shape index (κ3) is 4.28. The molecule has 2 amide bonds. The fourth-order valence-electron chi connectivity index (χ4n) is 2.27. The quantitative estimate of drug-likeness (QED) is 0.645. The highest BCUT2D eigenvalue weighted by Crippen LogP contribution is 2.19. The summed E-state index contributed by atoms with van der Waals surface area (Å²) < 4.78 is 0. The van der Waals surface area contributed by atoms with Gasteiger partial charge >= 0.3 is 6.03 Å². The monoisotopic (exact) mass is 260 g/mol. The third-order valence-corrected chi connectivity index (χ3v) is 3.25. The first kappa shape index (κ1) is 13.4. The Labute approximate surface area is 113 Å². The topological polar surface area (TPSA) is 70.7 Å². The van der Waals surface area contributed by atoms with Crippen LogP contribution in [0.3, 0.4) is 0 Å². The molecule has 1 aromatic carbocycles. The first-order valence-electron chi connectivity index (χ1n) is 6.69. The first-order valence-corrected chi connectivity index (χ1v) is 6.69. The Morgan fingerprint density at radius 3 is 2.37 bits per heavy atom. The summed E-state index contributed by atoms with van der Waals surface area (Å²) in [5, 5.41) is 3.74. The smallest absolute Gasteiger partial charge is 0.332 e. The Morgan fingerprint density at radius 2 is 1.79 bits per heavy atom. The molecule has 102 valence electrons. The van der Waals surface area contributed by atoms with Gasteiger partial charge in [0.15, 0.2) is 0 Å². The van der Waals surface area contributed by atoms with Crippen LogP contribution in [0.15, 0.2) is 29.4 Å². The Bertz CT molecular complexity index is 433. The summed E-state index contributed by atoms with van der Waals surface area (Å²) in [5.41, 5.74) is 9.29. The van der Waals surface area contributed by atoms with Gasteiger partial charge in [-0.15, -0.1) is 0 Å². The molecule has 1 aliphatic heterocycles. The lowest BCUT2D eigenvalue weighted by molar-refractivity contribution is 0.249. The Hall–Kier alpha value is -2.04. The van der Waals surface area contributed by atoms with E-state index in [1.165, 1.54) is 31.4 Å². The van der Waals surface area contributed by atoms with Gasteiger partial charge in [0.05, 0.1) is 6.21 Å². The highest BCUT2D eigenvalue weighted by atomic mass is 16.2. The zero-order valence-electron chi connectivity index (χ0n) is 11.0. The molecule has 0 radical (unpaired) electrons. The average Bonchev–Trinajstić information content (AvgIpc) is 2.68. The van der Waals surface area contributed by atoms with Gasteiger partial charge in [0.2, 0.25) is 0 Å². The second-order valence-corrected chi connectivity index (χ2v) is 4.73. The average molecular weight is 260 g/mol. The summed E-state index contributed by atoms with van der Waals surface area (Å²) in [7, 11) is 0. The number of primary amides is 1. The van der Waals surface area contributed by atoms with Crippen molar-refractivity contribution < 1.29 is 4.79 Å². The number of nitrogens with two attached hydrogens (primary N) is 1. The minimum absolute atomic E-state index is 0.655. The second kappa shape index (κ2) is 6.78. The van der Waals surface area contributed by atoms with E-state index in [9.17, 15) is 4.79 Å². The SMILES string of the molecule is NC(=O)NN=Cc1ccc(N2CCCCCC2)cc1. The minimum Gasteiger partial charge on any atom is -0.372 e. The Kier molecular flexibility index (Phi) is 4.78. The maximum Gasteiger partial charge on any atom is 0.332 e. The third-order valence-electron chi connectivity index (χ3n) is 3.25. The normalized spacial score (nSPS) is 16.3. The molecule has 1 fully saturated rings. The zero-order chi connectivity index (χ0) is 13.5. The van der Waals surface area contributed by atoms with E-state index in [1.54, 1.807) is 6.21 Å². The lowest BCUT2D eigenvalue weighted by atomic mass is 10.2. The van der Waals surface area contributed by atoms with Gasteiger partial charge in [-0.05, 0) is 30.5 Å². The lowest BCUT2D eigenvalue weighted by Crippen LogP contribution is -2.24. The summed E-state index contributed by atoms with van der Waals surface area (Å²) in [5.74, 6) is 0. The largest absolute Gasteiger partial charge is 0.372 e. The molecule has 0 unspecified atom stereocenters. The first-order chi connectivity index (χ1) is 9.25. The molecule has 1 aliphatic rings. The molecule has 1 saturated heterocycles. The number of urea groups is 1. The van der Waals surface area contributed by atoms with Crippen molar-refractivity contribution in [3.63, 3.8) is 0 Å². The number of amides is 2. The van der Waals surface area contributed by atoms with Gasteiger partial charge in [-0.2, -0.15) is 5.10 Å². The van der Waals surface area contributed by atoms with Crippen LogP contribution >= 0.6 is 0 Å². The van der Waals surface area contributed by atoms with Crippen molar-refractivity contribution in [2.45, 2.75) is 25.7 Å². The molecule has 0 saturated carbocycles. The van der Waals surface area contributed by atoms with Crippen LogP contribution in [0.1, 0.15) is 31.2 Å². The summed E-state index contributed by atoms with van der Waals surface area (Å²) >= 11 is 0. The molecule has 0 atom stereocenters. The van der Waals surface area contributed by atoms with E-state index in [4.69, 9.17) is 5.73 Å². The molecule has 19 heavy (non-hydrogen) atoms. The van der Waals surface area contributed by atoms with Gasteiger partial charge in [0.1, 0.15) is 0 Å². The number of nitrogens with one attached hydrogen (secondary N) is 1. The molecule has 5 heteroatoms. The van der Waals surface area contributed by atoms with E-state index in [1.807, 2.05) is 12.1 Å². The van der Waals surface area contributed by atoms with Crippen molar-refractivity contribution in [3.05, 3.63) is 29.8 Å². The summed E-state index contributed by atoms with van der Waals surface area (Å²) in [6.07, 6.45) is 6.79. The van der Waals surface area contributed by atoms with E-state index in [2.05, 4.69) is 27.6 Å². The number of hydrazone groups is 1. The standard InChI is InChI=1S/C14H20N4O/c15-14(19)17-16-11-12-5-7-13(8-6-12)18-9-3-1-2-4-10-18/h5-8,11H,1-4,9-10H2,(H3,15,17,19). The predicted octanol–water partition coefficient (Wildman–Crippen LogP) is 2.07. The second-order valence-electron chi connectivity index (χ2n) is 4.73. The molecule has 3 N–H and O–H groups in total. The van der Waals surface area contributed by atoms with Crippen molar-refractivity contribution in [2.75, 3.05) is 18.0 Å². The molecule has 0 spiro atoms. The van der Waals surface area contributed by atoms with E-state index in [0.29, 0.717) is 0 Å². The summed E-state index contributed by atoms with van der Waals surface area (Å²) in [6, 6.07) is 7.52. The zero-order valence-corrected chi connectivity index (χ0v) is 11.0. The van der Waals surface area contributed by atoms with Crippen molar-refractivity contribution in [1.82, 2.24) is 5.43 Å². The molecule has 1 aromatic rings. The van der Waals surface area contributed by atoms with Crippen molar-refractivity contribution in [2.24, 2.45) is 10.8 Å². The van der Waals surface area contributed by atoms with Gasteiger partial charge in [0, 0.05) is 18.8 Å². The van der Waals surface area contributed by atoms with E-state index < -0.39 is 6.03 Å². The molecule has 1 heterocycles. The van der Waals surface area contributed by atoms with E-state index in [0.717, 1.165) is 18.7 Å². The van der Waals surface area contributed by atoms with Crippen LogP contribution in [0, 0.1) is 0 Å². The van der Waals surface area contributed by atoms with E-state index in [-0.39, 0.29) is 0 Å². The molecule has 0 bridgehead atoms. The van der Waals surface area contributed by atoms with Gasteiger partial charge in [-0.1, -0.05) is 25.0 Å². The highest BCUT2D eigenvalue weighted by molar-refractivity contribution is 5.82. The van der Waals surface area contributed by atoms with Crippen LogP contribution in [0.25, 0.3) is 0 Å². The molecule has 5 nitrogen and oxygen atoms in total. The van der Waals surface area contributed by atoms with Crippen LogP contribution in [-0.2, 0) is 0 Å². The number of nitrogens with zero attached hydrogens (tertiary/aromatic N) is 2. The maximum absolute atomic E-state index is 10.5. The molecular weight excluding hydrogens is 240 g/mol. The fourth-order valence-corrected chi connectivity index (χ4v) is 2.27. The Balaban J connectivity index is 1.97. The number of carbonyl (C=O) groups excluding carboxylic acids is 1. The van der Waals surface area contributed by atoms with Gasteiger partial charge < -0.3 is 10.6 Å². The van der Waals surface area contributed by atoms with Crippen LogP contribution in [0.4, 0.5) is 10.5 Å². The summed E-state index contributed by atoms with van der Waals surface area (Å²) in [6.45, 7) is 2.27. The number of hydrogen-bond donors (Lipinski definition) is 2. The van der Waals surface area contributed by atoms with Crippen LogP contribution in [0.5, 0.6) is 0 Å². The van der Waals surface area contributed by atoms with Crippen LogP contribution in [-0.4, -0.2) is 25.3 Å². The van der Waals surface area contributed by atoms with Crippen LogP contribution < -0.4 is 16.1 Å². The minimum atomic E-state index is -0.655. The number of carbonyl (C=O) groups is 1. The van der Waals surface area contributed by atoms with Crippen molar-refractivity contribution >= 4 is 17.9 Å². The number of anilines is 1. The van der Waals surface area contributed by atoms with Gasteiger partial charge in [0.25, 0.3) is 0 Å². The Morgan fingerprint density at radius 1 is 1.16 bits per heavy atom.